The predicted molar refractivity (Wildman–Crippen MR) is 78.1 cm³/mol. The van der Waals surface area contributed by atoms with Crippen LogP contribution in [0.5, 0.6) is 0 Å². The normalized spacial score (nSPS) is 12.5. The molecule has 108 valence electrons. The third kappa shape index (κ3) is 4.80. The molecule has 1 unspecified atom stereocenters. The molecule has 0 aromatic heterocycles. The molecule has 0 bridgehead atoms. The molecule has 0 saturated carbocycles. The van der Waals surface area contributed by atoms with Crippen molar-refractivity contribution in [2.24, 2.45) is 5.73 Å². The number of rotatable bonds is 8. The Bertz CT molecular complexity index is 382. The number of nitrogens with zero attached hydrogens (tertiary/aromatic N) is 1. The highest BCUT2D eigenvalue weighted by atomic mass is 19.1. The van der Waals surface area contributed by atoms with Crippen LogP contribution in [0.3, 0.4) is 0 Å². The summed E-state index contributed by atoms with van der Waals surface area (Å²) >= 11 is 0. The van der Waals surface area contributed by atoms with Gasteiger partial charge in [0.05, 0.1) is 12.3 Å². The molecule has 19 heavy (non-hydrogen) atoms. The van der Waals surface area contributed by atoms with E-state index >= 15 is 0 Å². The number of ether oxygens (including phenoxy) is 1. The van der Waals surface area contributed by atoms with Crippen LogP contribution in [0.4, 0.5) is 10.1 Å². The van der Waals surface area contributed by atoms with Crippen molar-refractivity contribution in [2.75, 3.05) is 31.2 Å². The molecule has 0 aliphatic heterocycles. The molecular formula is C15H25FN2O. The van der Waals surface area contributed by atoms with E-state index in [1.165, 1.54) is 6.07 Å². The zero-order valence-electron chi connectivity index (χ0n) is 12.2. The van der Waals surface area contributed by atoms with Gasteiger partial charge in [0.15, 0.2) is 0 Å². The summed E-state index contributed by atoms with van der Waals surface area (Å²) in [5, 5.41) is 0. The lowest BCUT2D eigenvalue weighted by atomic mass is 10.0. The minimum absolute atomic E-state index is 0.0196. The SMILES string of the molecule is CCOCCN(CC)c1c(F)cccc1CC(C)N. The zero-order valence-corrected chi connectivity index (χ0v) is 12.2. The van der Waals surface area contributed by atoms with Gasteiger partial charge in [-0.2, -0.15) is 0 Å². The second kappa shape index (κ2) is 8.12. The van der Waals surface area contributed by atoms with E-state index in [0.717, 1.165) is 12.1 Å². The summed E-state index contributed by atoms with van der Waals surface area (Å²) in [6, 6.07) is 5.22. The van der Waals surface area contributed by atoms with Gasteiger partial charge in [-0.15, -0.1) is 0 Å². The summed E-state index contributed by atoms with van der Waals surface area (Å²) in [6.45, 7) is 8.65. The maximum atomic E-state index is 14.1. The quantitative estimate of drug-likeness (QED) is 0.736. The molecule has 3 nitrogen and oxygen atoms in total. The van der Waals surface area contributed by atoms with Gasteiger partial charge in [-0.3, -0.25) is 0 Å². The first-order chi connectivity index (χ1) is 9.10. The average Bonchev–Trinajstić information content (AvgIpc) is 2.36. The fraction of sp³-hybridized carbons (Fsp3) is 0.600. The van der Waals surface area contributed by atoms with E-state index in [1.54, 1.807) is 6.07 Å². The highest BCUT2D eigenvalue weighted by Crippen LogP contribution is 2.25. The molecule has 0 radical (unpaired) electrons. The molecule has 0 aliphatic rings. The lowest BCUT2D eigenvalue weighted by Crippen LogP contribution is -2.30. The molecule has 0 heterocycles. The van der Waals surface area contributed by atoms with E-state index in [1.807, 2.05) is 31.7 Å². The maximum Gasteiger partial charge on any atom is 0.146 e. The lowest BCUT2D eigenvalue weighted by Gasteiger charge is -2.26. The Kier molecular flexibility index (Phi) is 6.81. The zero-order chi connectivity index (χ0) is 14.3. The third-order valence-corrected chi connectivity index (χ3v) is 3.02. The Balaban J connectivity index is 2.93. The molecule has 4 heteroatoms. The van der Waals surface area contributed by atoms with E-state index in [0.29, 0.717) is 31.9 Å². The van der Waals surface area contributed by atoms with Gasteiger partial charge in [-0.05, 0) is 38.8 Å². The molecule has 0 fully saturated rings. The summed E-state index contributed by atoms with van der Waals surface area (Å²) in [5.41, 5.74) is 7.48. The Morgan fingerprint density at radius 3 is 2.68 bits per heavy atom. The lowest BCUT2D eigenvalue weighted by molar-refractivity contribution is 0.154. The Morgan fingerprint density at radius 2 is 2.11 bits per heavy atom. The molecule has 0 saturated heterocycles. The van der Waals surface area contributed by atoms with Crippen molar-refractivity contribution in [3.63, 3.8) is 0 Å². The van der Waals surface area contributed by atoms with Crippen molar-refractivity contribution in [3.05, 3.63) is 29.6 Å². The van der Waals surface area contributed by atoms with Crippen molar-refractivity contribution in [2.45, 2.75) is 33.2 Å². The van der Waals surface area contributed by atoms with Crippen LogP contribution in [0.1, 0.15) is 26.3 Å². The van der Waals surface area contributed by atoms with Crippen LogP contribution >= 0.6 is 0 Å². The fourth-order valence-corrected chi connectivity index (χ4v) is 2.17. The second-order valence-corrected chi connectivity index (χ2v) is 4.71. The van der Waals surface area contributed by atoms with Crippen LogP contribution in [-0.4, -0.2) is 32.3 Å². The number of para-hydroxylation sites is 1. The Hall–Kier alpha value is -1.13. The smallest absolute Gasteiger partial charge is 0.146 e. The van der Waals surface area contributed by atoms with Crippen molar-refractivity contribution in [1.82, 2.24) is 0 Å². The van der Waals surface area contributed by atoms with Gasteiger partial charge in [0, 0.05) is 25.7 Å². The molecule has 1 atom stereocenters. The fourth-order valence-electron chi connectivity index (χ4n) is 2.17. The van der Waals surface area contributed by atoms with Crippen LogP contribution in [0.2, 0.25) is 0 Å². The highest BCUT2D eigenvalue weighted by Gasteiger charge is 2.15. The van der Waals surface area contributed by atoms with Crippen LogP contribution < -0.4 is 10.6 Å². The van der Waals surface area contributed by atoms with Gasteiger partial charge in [-0.1, -0.05) is 12.1 Å². The molecule has 1 aromatic carbocycles. The van der Waals surface area contributed by atoms with Crippen molar-refractivity contribution in [1.29, 1.82) is 0 Å². The monoisotopic (exact) mass is 268 g/mol. The van der Waals surface area contributed by atoms with E-state index in [9.17, 15) is 4.39 Å². The predicted octanol–water partition coefficient (Wildman–Crippen LogP) is 2.58. The number of anilines is 1. The van der Waals surface area contributed by atoms with Gasteiger partial charge in [-0.25, -0.2) is 4.39 Å². The Morgan fingerprint density at radius 1 is 1.37 bits per heavy atom. The standard InChI is InChI=1S/C15H25FN2O/c1-4-18(9-10-19-5-2)15-13(11-12(3)17)7-6-8-14(15)16/h6-8,12H,4-5,9-11,17H2,1-3H3. The van der Waals surface area contributed by atoms with E-state index < -0.39 is 0 Å². The topological polar surface area (TPSA) is 38.5 Å². The maximum absolute atomic E-state index is 14.1. The molecule has 2 N–H and O–H groups in total. The number of likely N-dealkylation sites (N-methyl/N-ethyl adjacent to an activating group) is 1. The molecular weight excluding hydrogens is 243 g/mol. The van der Waals surface area contributed by atoms with Gasteiger partial charge in [0.1, 0.15) is 5.82 Å². The van der Waals surface area contributed by atoms with E-state index in [2.05, 4.69) is 0 Å². The van der Waals surface area contributed by atoms with Gasteiger partial charge in [0.25, 0.3) is 0 Å². The minimum Gasteiger partial charge on any atom is -0.380 e. The minimum atomic E-state index is -0.184. The first kappa shape index (κ1) is 15.9. The summed E-state index contributed by atoms with van der Waals surface area (Å²) < 4.78 is 19.5. The highest BCUT2D eigenvalue weighted by molar-refractivity contribution is 5.55. The van der Waals surface area contributed by atoms with E-state index in [4.69, 9.17) is 10.5 Å². The third-order valence-electron chi connectivity index (χ3n) is 3.02. The number of halogens is 1. The second-order valence-electron chi connectivity index (χ2n) is 4.71. The number of nitrogens with two attached hydrogens (primary N) is 1. The van der Waals surface area contributed by atoms with Crippen LogP contribution in [0.25, 0.3) is 0 Å². The summed E-state index contributed by atoms with van der Waals surface area (Å²) in [7, 11) is 0. The van der Waals surface area contributed by atoms with Gasteiger partial charge in [0.2, 0.25) is 0 Å². The Labute approximate surface area is 115 Å². The molecule has 1 aromatic rings. The summed E-state index contributed by atoms with van der Waals surface area (Å²) in [6.07, 6.45) is 0.679. The van der Waals surface area contributed by atoms with Crippen molar-refractivity contribution < 1.29 is 9.13 Å². The van der Waals surface area contributed by atoms with Crippen LogP contribution in [-0.2, 0) is 11.2 Å². The number of hydrogen-bond donors (Lipinski definition) is 1. The molecule has 0 aliphatic carbocycles. The van der Waals surface area contributed by atoms with E-state index in [-0.39, 0.29) is 11.9 Å². The van der Waals surface area contributed by atoms with Crippen LogP contribution in [0.15, 0.2) is 18.2 Å². The van der Waals surface area contributed by atoms with Gasteiger partial charge < -0.3 is 15.4 Å². The number of benzene rings is 1. The molecule has 1 rings (SSSR count). The average molecular weight is 268 g/mol. The van der Waals surface area contributed by atoms with Crippen molar-refractivity contribution >= 4 is 5.69 Å². The molecule has 0 spiro atoms. The van der Waals surface area contributed by atoms with Crippen molar-refractivity contribution in [3.8, 4) is 0 Å². The first-order valence-corrected chi connectivity index (χ1v) is 6.95. The summed E-state index contributed by atoms with van der Waals surface area (Å²) in [5.74, 6) is -0.184. The van der Waals surface area contributed by atoms with Gasteiger partial charge >= 0.3 is 0 Å². The summed E-state index contributed by atoms with van der Waals surface area (Å²) in [4.78, 5) is 2.02. The number of hydrogen-bond acceptors (Lipinski definition) is 3. The largest absolute Gasteiger partial charge is 0.380 e. The molecule has 0 amide bonds. The van der Waals surface area contributed by atoms with Crippen LogP contribution in [0, 0.1) is 5.82 Å². The first-order valence-electron chi connectivity index (χ1n) is 6.95.